The van der Waals surface area contributed by atoms with Crippen LogP contribution in [0.4, 0.5) is 17.2 Å². The number of anilines is 3. The van der Waals surface area contributed by atoms with Gasteiger partial charge >= 0.3 is 0 Å². The lowest BCUT2D eigenvalue weighted by Gasteiger charge is -2.10. The summed E-state index contributed by atoms with van der Waals surface area (Å²) < 4.78 is 0.752. The number of rotatable bonds is 2. The van der Waals surface area contributed by atoms with Crippen LogP contribution in [0.2, 0.25) is 10.0 Å². The summed E-state index contributed by atoms with van der Waals surface area (Å²) in [7, 11) is 0. The Kier molecular flexibility index (Phi) is 3.93. The van der Waals surface area contributed by atoms with Gasteiger partial charge in [0, 0.05) is 15.5 Å². The molecule has 0 fully saturated rings. The van der Waals surface area contributed by atoms with E-state index in [2.05, 4.69) is 26.2 Å². The lowest BCUT2D eigenvalue weighted by Crippen LogP contribution is -1.95. The molecule has 0 saturated heterocycles. The van der Waals surface area contributed by atoms with Crippen LogP contribution in [0.15, 0.2) is 46.9 Å². The van der Waals surface area contributed by atoms with E-state index in [9.17, 15) is 0 Å². The van der Waals surface area contributed by atoms with Gasteiger partial charge in [0.15, 0.2) is 0 Å². The first-order valence-electron chi connectivity index (χ1n) is 6.11. The summed E-state index contributed by atoms with van der Waals surface area (Å²) in [6.45, 7) is 0. The summed E-state index contributed by atoms with van der Waals surface area (Å²) >= 11 is 15.7. The number of aromatic nitrogens is 1. The normalized spacial score (nSPS) is 10.8. The number of hydrogen-bond acceptors (Lipinski definition) is 3. The van der Waals surface area contributed by atoms with Crippen molar-refractivity contribution in [3.05, 3.63) is 57.0 Å². The Balaban J connectivity index is 1.98. The fourth-order valence-corrected chi connectivity index (χ4v) is 2.80. The minimum absolute atomic E-state index is 0.449. The number of halogens is 3. The topological polar surface area (TPSA) is 50.9 Å². The Morgan fingerprint density at radius 3 is 2.62 bits per heavy atom. The molecule has 0 unspecified atom stereocenters. The van der Waals surface area contributed by atoms with Crippen molar-refractivity contribution in [1.29, 1.82) is 0 Å². The maximum Gasteiger partial charge on any atom is 0.131 e. The maximum absolute atomic E-state index is 6.22. The van der Waals surface area contributed by atoms with Crippen LogP contribution < -0.4 is 11.1 Å². The molecule has 3 aromatic rings. The maximum atomic E-state index is 6.22. The minimum atomic E-state index is 0.449. The first kappa shape index (κ1) is 14.4. The molecule has 0 aliphatic carbocycles. The fraction of sp³-hybridized carbons (Fsp3) is 0. The molecule has 106 valence electrons. The smallest absolute Gasteiger partial charge is 0.131 e. The van der Waals surface area contributed by atoms with Crippen molar-refractivity contribution in [2.24, 2.45) is 0 Å². The average molecular weight is 383 g/mol. The third-order valence-electron chi connectivity index (χ3n) is 3.01. The zero-order valence-corrected chi connectivity index (χ0v) is 13.8. The Labute approximate surface area is 140 Å². The van der Waals surface area contributed by atoms with Crippen molar-refractivity contribution in [3.8, 4) is 0 Å². The lowest BCUT2D eigenvalue weighted by molar-refractivity contribution is 1.37. The number of fused-ring (bicyclic) bond motifs is 1. The molecular weight excluding hydrogens is 373 g/mol. The van der Waals surface area contributed by atoms with E-state index in [-0.39, 0.29) is 0 Å². The molecule has 3 nitrogen and oxygen atoms in total. The van der Waals surface area contributed by atoms with E-state index in [1.165, 1.54) is 0 Å². The molecule has 1 aromatic heterocycles. The second kappa shape index (κ2) is 5.72. The van der Waals surface area contributed by atoms with Crippen molar-refractivity contribution in [2.45, 2.75) is 0 Å². The molecule has 0 radical (unpaired) electrons. The predicted octanol–water partition coefficient (Wildman–Crippen LogP) is 5.63. The van der Waals surface area contributed by atoms with Gasteiger partial charge in [-0.2, -0.15) is 0 Å². The van der Waals surface area contributed by atoms with Crippen molar-refractivity contribution < 1.29 is 0 Å². The van der Waals surface area contributed by atoms with Crippen LogP contribution >= 0.6 is 39.1 Å². The largest absolute Gasteiger partial charge is 0.399 e. The predicted molar refractivity (Wildman–Crippen MR) is 93.6 cm³/mol. The number of hydrogen-bond donors (Lipinski definition) is 2. The highest BCUT2D eigenvalue weighted by Gasteiger charge is 2.09. The van der Waals surface area contributed by atoms with Gasteiger partial charge in [-0.05, 0) is 58.4 Å². The number of pyridine rings is 1. The summed E-state index contributed by atoms with van der Waals surface area (Å²) in [5.74, 6) is 0.688. The number of nitrogens with zero attached hydrogens (tertiary/aromatic N) is 1. The van der Waals surface area contributed by atoms with Crippen LogP contribution in [0.5, 0.6) is 0 Å². The van der Waals surface area contributed by atoms with Crippen LogP contribution in [-0.4, -0.2) is 4.98 Å². The number of nitrogen functional groups attached to an aromatic ring is 1. The van der Waals surface area contributed by atoms with Gasteiger partial charge in [-0.15, -0.1) is 0 Å². The molecule has 21 heavy (non-hydrogen) atoms. The second-order valence-electron chi connectivity index (χ2n) is 4.50. The zero-order chi connectivity index (χ0) is 15.0. The van der Waals surface area contributed by atoms with Crippen LogP contribution in [0.1, 0.15) is 0 Å². The van der Waals surface area contributed by atoms with E-state index >= 15 is 0 Å². The van der Waals surface area contributed by atoms with E-state index in [0.717, 1.165) is 15.4 Å². The second-order valence-corrected chi connectivity index (χ2v) is 6.11. The van der Waals surface area contributed by atoms with Crippen molar-refractivity contribution in [1.82, 2.24) is 4.98 Å². The van der Waals surface area contributed by atoms with Crippen LogP contribution in [0.3, 0.4) is 0 Å². The van der Waals surface area contributed by atoms with Gasteiger partial charge in [0.2, 0.25) is 0 Å². The quantitative estimate of drug-likeness (QED) is 0.446. The molecule has 0 aliphatic heterocycles. The molecule has 0 bridgehead atoms. The van der Waals surface area contributed by atoms with Crippen LogP contribution in [0.25, 0.3) is 10.9 Å². The van der Waals surface area contributed by atoms with Gasteiger partial charge < -0.3 is 11.1 Å². The van der Waals surface area contributed by atoms with E-state index in [1.54, 1.807) is 0 Å². The Morgan fingerprint density at radius 1 is 1.00 bits per heavy atom. The van der Waals surface area contributed by atoms with E-state index in [0.29, 0.717) is 27.2 Å². The molecule has 2 aromatic carbocycles. The highest BCUT2D eigenvalue weighted by atomic mass is 79.9. The highest BCUT2D eigenvalue weighted by Crippen LogP contribution is 2.37. The number of nitrogens with two attached hydrogens (primary N) is 1. The zero-order valence-electron chi connectivity index (χ0n) is 10.7. The summed E-state index contributed by atoms with van der Waals surface area (Å²) in [6.07, 6.45) is 0. The van der Waals surface area contributed by atoms with Crippen LogP contribution in [0, 0.1) is 0 Å². The standard InChI is InChI=1S/C15H10BrCl2N3/c16-10-3-5-12(15(18)14(10)17)21-13-6-1-8-7-9(19)2-4-11(8)20-13/h1-7H,19H2,(H,20,21). The first-order valence-corrected chi connectivity index (χ1v) is 7.66. The molecular formula is C15H10BrCl2N3. The summed E-state index contributed by atoms with van der Waals surface area (Å²) in [4.78, 5) is 4.52. The summed E-state index contributed by atoms with van der Waals surface area (Å²) in [5.41, 5.74) is 8.03. The van der Waals surface area contributed by atoms with E-state index in [4.69, 9.17) is 28.9 Å². The fourth-order valence-electron chi connectivity index (χ4n) is 1.97. The van der Waals surface area contributed by atoms with Gasteiger partial charge in [0.05, 0.1) is 21.2 Å². The Bertz CT molecular complexity index is 837. The monoisotopic (exact) mass is 381 g/mol. The average Bonchev–Trinajstić information content (AvgIpc) is 2.48. The molecule has 0 amide bonds. The SMILES string of the molecule is Nc1ccc2nc(Nc3ccc(Br)c(Cl)c3Cl)ccc2c1. The number of benzene rings is 2. The van der Waals surface area contributed by atoms with Crippen molar-refractivity contribution >= 4 is 67.2 Å². The molecule has 3 rings (SSSR count). The lowest BCUT2D eigenvalue weighted by atomic mass is 10.2. The first-order chi connectivity index (χ1) is 10.0. The van der Waals surface area contributed by atoms with Crippen molar-refractivity contribution in [2.75, 3.05) is 11.1 Å². The molecule has 6 heteroatoms. The van der Waals surface area contributed by atoms with E-state index in [1.807, 2.05) is 42.5 Å². The number of nitrogens with one attached hydrogen (secondary N) is 1. The van der Waals surface area contributed by atoms with Gasteiger partial charge in [0.1, 0.15) is 5.82 Å². The van der Waals surface area contributed by atoms with E-state index < -0.39 is 0 Å². The summed E-state index contributed by atoms with van der Waals surface area (Å²) in [6, 6.07) is 13.1. The molecule has 0 aliphatic rings. The van der Waals surface area contributed by atoms with Gasteiger partial charge in [-0.3, -0.25) is 0 Å². The minimum Gasteiger partial charge on any atom is -0.399 e. The van der Waals surface area contributed by atoms with Gasteiger partial charge in [-0.1, -0.05) is 23.2 Å². The third kappa shape index (κ3) is 2.93. The Morgan fingerprint density at radius 2 is 1.81 bits per heavy atom. The van der Waals surface area contributed by atoms with Crippen LogP contribution in [-0.2, 0) is 0 Å². The molecule has 0 spiro atoms. The molecule has 1 heterocycles. The van der Waals surface area contributed by atoms with Gasteiger partial charge in [0.25, 0.3) is 0 Å². The highest BCUT2D eigenvalue weighted by molar-refractivity contribution is 9.10. The molecule has 0 atom stereocenters. The Hall–Kier alpha value is -1.49. The summed E-state index contributed by atoms with van der Waals surface area (Å²) in [5, 5.41) is 5.07. The van der Waals surface area contributed by atoms with Gasteiger partial charge in [-0.25, -0.2) is 4.98 Å². The van der Waals surface area contributed by atoms with Crippen molar-refractivity contribution in [3.63, 3.8) is 0 Å². The third-order valence-corrected chi connectivity index (χ3v) is 4.78. The molecule has 0 saturated carbocycles. The molecule has 3 N–H and O–H groups in total.